The molecule has 0 aliphatic carbocycles. The Kier molecular flexibility index (Phi) is 5.34. The van der Waals surface area contributed by atoms with E-state index in [0.29, 0.717) is 17.8 Å². The maximum absolute atomic E-state index is 11.9. The molecule has 11 heteroatoms. The molecule has 98 valence electrons. The van der Waals surface area contributed by atoms with Crippen molar-refractivity contribution >= 4 is 28.1 Å². The predicted octanol–water partition coefficient (Wildman–Crippen LogP) is 2.02. The molecule has 5 nitrogen and oxygen atoms in total. The molecular formula is C5H12F3N2O3PS2. The summed E-state index contributed by atoms with van der Waals surface area (Å²) in [6, 6.07) is 0. The van der Waals surface area contributed by atoms with Crippen LogP contribution in [0.3, 0.4) is 0 Å². The van der Waals surface area contributed by atoms with Crippen LogP contribution >= 0.6 is 18.0 Å². The highest BCUT2D eigenvalue weighted by Gasteiger charge is 2.48. The second-order valence-electron chi connectivity index (χ2n) is 2.96. The molecule has 16 heavy (non-hydrogen) atoms. The Morgan fingerprint density at radius 2 is 1.94 bits per heavy atom. The van der Waals surface area contributed by atoms with Gasteiger partial charge in [0, 0.05) is 5.25 Å². The zero-order valence-electron chi connectivity index (χ0n) is 8.48. The van der Waals surface area contributed by atoms with Gasteiger partial charge in [0.2, 0.25) is 0 Å². The van der Waals surface area contributed by atoms with Crippen LogP contribution in [0, 0.1) is 0 Å². The quantitative estimate of drug-likeness (QED) is 0.758. The maximum atomic E-state index is 11.9. The Morgan fingerprint density at radius 1 is 1.50 bits per heavy atom. The van der Waals surface area contributed by atoms with Crippen LogP contribution in [0.15, 0.2) is 0 Å². The van der Waals surface area contributed by atoms with Crippen molar-refractivity contribution in [2.24, 2.45) is 5.50 Å². The summed E-state index contributed by atoms with van der Waals surface area (Å²) >= 11 is 0.488. The molecule has 0 saturated carbocycles. The van der Waals surface area contributed by atoms with E-state index in [1.807, 2.05) is 0 Å². The number of nitrogens with two attached hydrogens (primary N) is 1. The number of rotatable bonds is 5. The van der Waals surface area contributed by atoms with E-state index in [2.05, 4.69) is 0 Å². The van der Waals surface area contributed by atoms with Crippen molar-refractivity contribution in [3.63, 3.8) is 0 Å². The maximum Gasteiger partial charge on any atom is 0.511 e. The van der Waals surface area contributed by atoms with Crippen LogP contribution in [-0.2, 0) is 14.6 Å². The van der Waals surface area contributed by atoms with Crippen molar-refractivity contribution in [2.45, 2.75) is 31.0 Å². The molecule has 0 spiro atoms. The van der Waals surface area contributed by atoms with Crippen LogP contribution in [-0.4, -0.2) is 19.2 Å². The Bertz CT molecular complexity index is 383. The van der Waals surface area contributed by atoms with E-state index in [1.165, 1.54) is 0 Å². The van der Waals surface area contributed by atoms with E-state index < -0.39 is 22.2 Å². The third-order valence-electron chi connectivity index (χ3n) is 1.46. The van der Waals surface area contributed by atoms with E-state index in [0.717, 1.165) is 4.49 Å². The molecule has 0 heterocycles. The lowest BCUT2D eigenvalue weighted by Crippen LogP contribution is -2.35. The summed E-state index contributed by atoms with van der Waals surface area (Å²) in [7, 11) is -5.67. The summed E-state index contributed by atoms with van der Waals surface area (Å²) in [6.45, 7) is -0.845. The van der Waals surface area contributed by atoms with Gasteiger partial charge in [-0.1, -0.05) is 25.2 Å². The highest BCUT2D eigenvalue weighted by molar-refractivity contribution is 8.58. The molecule has 0 fully saturated rings. The van der Waals surface area contributed by atoms with Crippen molar-refractivity contribution in [3.8, 4) is 0 Å². The number of sulfonamides is 1. The average molecular weight is 300 g/mol. The first kappa shape index (κ1) is 16.2. The lowest BCUT2D eigenvalue weighted by molar-refractivity contribution is -0.0441. The van der Waals surface area contributed by atoms with Gasteiger partial charge in [-0.2, -0.15) is 13.2 Å². The molecule has 0 radical (unpaired) electrons. The Labute approximate surface area is 95.6 Å². The van der Waals surface area contributed by atoms with Crippen molar-refractivity contribution in [1.29, 1.82) is 0 Å². The zero-order valence-corrected chi connectivity index (χ0v) is 11.0. The monoisotopic (exact) mass is 300 g/mol. The second kappa shape index (κ2) is 5.26. The van der Waals surface area contributed by atoms with Crippen molar-refractivity contribution < 1.29 is 26.2 Å². The third-order valence-corrected chi connectivity index (χ3v) is 7.75. The van der Waals surface area contributed by atoms with Gasteiger partial charge in [0.25, 0.3) is 6.65 Å². The van der Waals surface area contributed by atoms with Gasteiger partial charge in [-0.15, -0.1) is 4.49 Å². The first-order valence-corrected chi connectivity index (χ1v) is 8.83. The fraction of sp³-hybridized carbons (Fsp3) is 1.00. The van der Waals surface area contributed by atoms with E-state index in [4.69, 9.17) is 5.50 Å². The molecule has 0 aromatic heterocycles. The molecule has 0 amide bonds. The van der Waals surface area contributed by atoms with Gasteiger partial charge in [0.1, 0.15) is 0 Å². The molecule has 0 bridgehead atoms. The predicted molar refractivity (Wildman–Crippen MR) is 57.2 cm³/mol. The Hall–Kier alpha value is 0.240. The van der Waals surface area contributed by atoms with E-state index in [9.17, 15) is 26.2 Å². The molecule has 0 aliphatic rings. The Balaban J connectivity index is 4.80. The fourth-order valence-electron chi connectivity index (χ4n) is 0.583. The summed E-state index contributed by atoms with van der Waals surface area (Å²) in [4.78, 5) is 0. The van der Waals surface area contributed by atoms with E-state index >= 15 is 0 Å². The van der Waals surface area contributed by atoms with Gasteiger partial charge in [0.05, 0.1) is 0 Å². The molecule has 0 rings (SSSR count). The molecule has 0 aromatic carbocycles. The van der Waals surface area contributed by atoms with Crippen LogP contribution < -0.4 is 10.00 Å². The van der Waals surface area contributed by atoms with Crippen LogP contribution in [0.4, 0.5) is 13.2 Å². The minimum Gasteiger partial charge on any atom is -0.276 e. The normalized spacial score (nSPS) is 19.1. The smallest absolute Gasteiger partial charge is 0.276 e. The minimum atomic E-state index is -5.67. The fourth-order valence-corrected chi connectivity index (χ4v) is 6.51. The highest BCUT2D eigenvalue weighted by Crippen LogP contribution is 2.51. The summed E-state index contributed by atoms with van der Waals surface area (Å²) in [5, 5.41) is -0.313. The number of alkyl halides is 3. The van der Waals surface area contributed by atoms with Crippen molar-refractivity contribution in [3.05, 3.63) is 0 Å². The minimum absolute atomic E-state index is 0.313. The highest BCUT2D eigenvalue weighted by atomic mass is 32.7. The van der Waals surface area contributed by atoms with E-state index in [1.54, 1.807) is 13.8 Å². The topological polar surface area (TPSA) is 89.3 Å². The van der Waals surface area contributed by atoms with Gasteiger partial charge in [-0.3, -0.25) is 10.1 Å². The number of hydrogen-bond acceptors (Lipinski definition) is 4. The Morgan fingerprint density at radius 3 is 2.25 bits per heavy atom. The summed E-state index contributed by atoms with van der Waals surface area (Å²) in [5.74, 6) is 0. The van der Waals surface area contributed by atoms with Crippen molar-refractivity contribution in [1.82, 2.24) is 4.49 Å². The van der Waals surface area contributed by atoms with Crippen LogP contribution in [0.2, 0.25) is 0 Å². The summed E-state index contributed by atoms with van der Waals surface area (Å²) in [5.41, 5.74) is -0.512. The first-order chi connectivity index (χ1) is 6.91. The number of hydrogen-bond donors (Lipinski definition) is 2. The molecule has 0 aromatic rings. The standard InChI is InChI=1S/C5H12F3N2O3PS2/c1-3-4(2)15-14(9,11)10-16(12,13)5(6,7)8/h4H,3H2,1-2H3,(H3,9,10,11). The van der Waals surface area contributed by atoms with Crippen molar-refractivity contribution in [2.75, 3.05) is 0 Å². The third kappa shape index (κ3) is 5.05. The molecule has 3 N–H and O–H groups in total. The van der Waals surface area contributed by atoms with Gasteiger partial charge >= 0.3 is 15.5 Å². The van der Waals surface area contributed by atoms with E-state index in [-0.39, 0.29) is 5.25 Å². The number of nitrogens with one attached hydrogen (secondary N) is 1. The molecular weight excluding hydrogens is 288 g/mol. The number of halogens is 3. The van der Waals surface area contributed by atoms with Crippen LogP contribution in [0.1, 0.15) is 20.3 Å². The molecule has 0 aliphatic heterocycles. The van der Waals surface area contributed by atoms with Gasteiger partial charge in [0.15, 0.2) is 0 Å². The lowest BCUT2D eigenvalue weighted by Gasteiger charge is -2.18. The molecule has 0 saturated heterocycles. The average Bonchev–Trinajstić information content (AvgIpc) is 1.98. The van der Waals surface area contributed by atoms with Gasteiger partial charge in [-0.25, -0.2) is 8.42 Å². The first-order valence-electron chi connectivity index (χ1n) is 4.08. The largest absolute Gasteiger partial charge is 0.511 e. The van der Waals surface area contributed by atoms with Gasteiger partial charge in [-0.05, 0) is 6.42 Å². The lowest BCUT2D eigenvalue weighted by atomic mass is 10.4. The van der Waals surface area contributed by atoms with Crippen LogP contribution in [0.5, 0.6) is 0 Å². The summed E-state index contributed by atoms with van der Waals surface area (Å²) in [6.07, 6.45) is 0.500. The molecule has 2 atom stereocenters. The molecule has 2 unspecified atom stereocenters. The van der Waals surface area contributed by atoms with Crippen LogP contribution in [0.25, 0.3) is 0 Å². The SMILES string of the molecule is CCC(C)SP(N)(=O)NS(=O)(=O)C(F)(F)F. The summed E-state index contributed by atoms with van der Waals surface area (Å²) < 4.78 is 69.5. The zero-order chi connectivity index (χ0) is 13.2. The second-order valence-corrected chi connectivity index (χ2v) is 9.63. The van der Waals surface area contributed by atoms with Gasteiger partial charge < -0.3 is 0 Å².